The van der Waals surface area contributed by atoms with E-state index < -0.39 is 0 Å². The van der Waals surface area contributed by atoms with Gasteiger partial charge in [0.05, 0.1) is 0 Å². The van der Waals surface area contributed by atoms with Crippen molar-refractivity contribution in [3.8, 4) is 0 Å². The number of carbonyl (C=O) groups excluding carboxylic acids is 1. The minimum absolute atomic E-state index is 0.201. The quantitative estimate of drug-likeness (QED) is 0.700. The highest BCUT2D eigenvalue weighted by atomic mass is 16.1. The zero-order valence-electron chi connectivity index (χ0n) is 10.3. The zero-order valence-corrected chi connectivity index (χ0v) is 10.3. The maximum absolute atomic E-state index is 11.5. The first-order valence-corrected chi connectivity index (χ1v) is 5.75. The van der Waals surface area contributed by atoms with Crippen molar-refractivity contribution < 1.29 is 4.79 Å². The van der Waals surface area contributed by atoms with Crippen LogP contribution in [-0.2, 0) is 4.79 Å². The Bertz CT molecular complexity index is 164. The summed E-state index contributed by atoms with van der Waals surface area (Å²) in [6, 6.07) is 0.362. The van der Waals surface area contributed by atoms with Gasteiger partial charge in [0, 0.05) is 12.5 Å². The van der Waals surface area contributed by atoms with Crippen LogP contribution < -0.4 is 5.32 Å². The van der Waals surface area contributed by atoms with E-state index in [9.17, 15) is 4.79 Å². The summed E-state index contributed by atoms with van der Waals surface area (Å²) in [6.45, 7) is 10.7. The van der Waals surface area contributed by atoms with E-state index in [1.54, 1.807) is 0 Å². The molecule has 1 atom stereocenters. The van der Waals surface area contributed by atoms with Gasteiger partial charge in [-0.1, -0.05) is 34.6 Å². The average Bonchev–Trinajstić information content (AvgIpc) is 2.00. The zero-order chi connectivity index (χ0) is 11.1. The molecule has 84 valence electrons. The molecule has 2 nitrogen and oxygen atoms in total. The number of hydrogen-bond donors (Lipinski definition) is 1. The summed E-state index contributed by atoms with van der Waals surface area (Å²) in [7, 11) is 0. The Balaban J connectivity index is 3.86. The number of carbonyl (C=O) groups is 1. The monoisotopic (exact) mass is 199 g/mol. The van der Waals surface area contributed by atoms with Gasteiger partial charge in [-0.2, -0.15) is 0 Å². The Labute approximate surface area is 88.5 Å². The van der Waals surface area contributed by atoms with Gasteiger partial charge in [-0.05, 0) is 24.7 Å². The van der Waals surface area contributed by atoms with Crippen molar-refractivity contribution in [3.63, 3.8) is 0 Å². The van der Waals surface area contributed by atoms with Gasteiger partial charge in [-0.15, -0.1) is 0 Å². The van der Waals surface area contributed by atoms with E-state index in [4.69, 9.17) is 0 Å². The van der Waals surface area contributed by atoms with E-state index in [0.717, 1.165) is 12.8 Å². The van der Waals surface area contributed by atoms with Crippen LogP contribution in [0.15, 0.2) is 0 Å². The third-order valence-electron chi connectivity index (χ3n) is 2.21. The van der Waals surface area contributed by atoms with E-state index in [-0.39, 0.29) is 5.91 Å². The third kappa shape index (κ3) is 6.93. The topological polar surface area (TPSA) is 29.1 Å². The molecule has 0 aromatic rings. The van der Waals surface area contributed by atoms with Crippen molar-refractivity contribution in [1.82, 2.24) is 5.32 Å². The van der Waals surface area contributed by atoms with Crippen LogP contribution in [0.2, 0.25) is 0 Å². The van der Waals surface area contributed by atoms with Gasteiger partial charge in [0.15, 0.2) is 0 Å². The largest absolute Gasteiger partial charge is 0.353 e. The molecule has 0 aromatic heterocycles. The predicted molar refractivity (Wildman–Crippen MR) is 61.1 cm³/mol. The van der Waals surface area contributed by atoms with Gasteiger partial charge in [-0.25, -0.2) is 0 Å². The molecule has 0 rings (SSSR count). The first-order valence-electron chi connectivity index (χ1n) is 5.75. The van der Waals surface area contributed by atoms with Crippen LogP contribution in [0.1, 0.15) is 53.9 Å². The fourth-order valence-corrected chi connectivity index (χ4v) is 1.55. The second-order valence-corrected chi connectivity index (χ2v) is 4.90. The molecule has 0 radical (unpaired) electrons. The van der Waals surface area contributed by atoms with Crippen LogP contribution in [0.4, 0.5) is 0 Å². The Morgan fingerprint density at radius 3 is 2.07 bits per heavy atom. The van der Waals surface area contributed by atoms with Crippen molar-refractivity contribution >= 4 is 5.91 Å². The molecule has 1 unspecified atom stereocenters. The number of rotatable bonds is 6. The van der Waals surface area contributed by atoms with Crippen LogP contribution >= 0.6 is 0 Å². The van der Waals surface area contributed by atoms with Crippen LogP contribution in [0, 0.1) is 11.8 Å². The molecule has 0 spiro atoms. The lowest BCUT2D eigenvalue weighted by Gasteiger charge is -2.19. The summed E-state index contributed by atoms with van der Waals surface area (Å²) in [5.74, 6) is 1.30. The first-order chi connectivity index (χ1) is 6.45. The van der Waals surface area contributed by atoms with Gasteiger partial charge >= 0.3 is 0 Å². The van der Waals surface area contributed by atoms with E-state index in [2.05, 4.69) is 39.9 Å². The molecule has 0 aliphatic carbocycles. The molecular formula is C12H25NO. The van der Waals surface area contributed by atoms with E-state index in [0.29, 0.717) is 24.3 Å². The Hall–Kier alpha value is -0.530. The Morgan fingerprint density at radius 1 is 1.14 bits per heavy atom. The maximum Gasteiger partial charge on any atom is 0.220 e. The molecule has 0 aliphatic heterocycles. The summed E-state index contributed by atoms with van der Waals surface area (Å²) in [4.78, 5) is 11.5. The van der Waals surface area contributed by atoms with Crippen molar-refractivity contribution in [2.45, 2.75) is 59.9 Å². The predicted octanol–water partition coefficient (Wildman–Crippen LogP) is 2.97. The molecule has 0 saturated heterocycles. The normalized spacial score (nSPS) is 13.4. The molecule has 14 heavy (non-hydrogen) atoms. The van der Waals surface area contributed by atoms with Crippen molar-refractivity contribution in [2.75, 3.05) is 0 Å². The fourth-order valence-electron chi connectivity index (χ4n) is 1.55. The molecule has 0 fully saturated rings. The highest BCUT2D eigenvalue weighted by Crippen LogP contribution is 2.08. The Morgan fingerprint density at radius 2 is 1.71 bits per heavy atom. The highest BCUT2D eigenvalue weighted by molar-refractivity contribution is 5.76. The van der Waals surface area contributed by atoms with Crippen LogP contribution in [0.5, 0.6) is 0 Å². The molecule has 0 aromatic carbocycles. The standard InChI is InChI=1S/C12H25NO/c1-6-11(7-9(2)3)13-12(14)8-10(4)5/h9-11H,6-8H2,1-5H3,(H,13,14). The summed E-state index contributed by atoms with van der Waals surface area (Å²) >= 11 is 0. The van der Waals surface area contributed by atoms with Crippen LogP contribution in [-0.4, -0.2) is 11.9 Å². The summed E-state index contributed by atoms with van der Waals surface area (Å²) < 4.78 is 0. The van der Waals surface area contributed by atoms with Crippen LogP contribution in [0.25, 0.3) is 0 Å². The van der Waals surface area contributed by atoms with Crippen LogP contribution in [0.3, 0.4) is 0 Å². The molecule has 0 heterocycles. The minimum atomic E-state index is 0.201. The summed E-state index contributed by atoms with van der Waals surface area (Å²) in [5.41, 5.74) is 0. The fraction of sp³-hybridized carbons (Fsp3) is 0.917. The van der Waals surface area contributed by atoms with E-state index >= 15 is 0 Å². The molecule has 1 amide bonds. The smallest absolute Gasteiger partial charge is 0.220 e. The van der Waals surface area contributed by atoms with Crippen molar-refractivity contribution in [2.24, 2.45) is 11.8 Å². The van der Waals surface area contributed by atoms with Gasteiger partial charge in [0.25, 0.3) is 0 Å². The Kier molecular flexibility index (Phi) is 6.60. The third-order valence-corrected chi connectivity index (χ3v) is 2.21. The molecule has 0 bridgehead atoms. The van der Waals surface area contributed by atoms with Gasteiger partial charge in [0.1, 0.15) is 0 Å². The van der Waals surface area contributed by atoms with Crippen molar-refractivity contribution in [3.05, 3.63) is 0 Å². The first kappa shape index (κ1) is 13.5. The second-order valence-electron chi connectivity index (χ2n) is 4.90. The van der Waals surface area contributed by atoms with Gasteiger partial charge in [0.2, 0.25) is 5.91 Å². The van der Waals surface area contributed by atoms with Crippen molar-refractivity contribution in [1.29, 1.82) is 0 Å². The lowest BCUT2D eigenvalue weighted by atomic mass is 10.0. The lowest BCUT2D eigenvalue weighted by molar-refractivity contribution is -0.122. The number of hydrogen-bond acceptors (Lipinski definition) is 1. The molecule has 0 aliphatic rings. The van der Waals surface area contributed by atoms with Gasteiger partial charge < -0.3 is 5.32 Å². The maximum atomic E-state index is 11.5. The van der Waals surface area contributed by atoms with E-state index in [1.807, 2.05) is 0 Å². The summed E-state index contributed by atoms with van der Waals surface area (Å²) in [6.07, 6.45) is 2.76. The lowest BCUT2D eigenvalue weighted by Crippen LogP contribution is -2.35. The molecule has 2 heteroatoms. The molecule has 0 saturated carbocycles. The number of amides is 1. The highest BCUT2D eigenvalue weighted by Gasteiger charge is 2.12. The molecular weight excluding hydrogens is 174 g/mol. The SMILES string of the molecule is CCC(CC(C)C)NC(=O)CC(C)C. The number of nitrogens with one attached hydrogen (secondary N) is 1. The average molecular weight is 199 g/mol. The second kappa shape index (κ2) is 6.86. The van der Waals surface area contributed by atoms with E-state index in [1.165, 1.54) is 0 Å². The summed E-state index contributed by atoms with van der Waals surface area (Å²) in [5, 5.41) is 3.09. The van der Waals surface area contributed by atoms with Gasteiger partial charge in [-0.3, -0.25) is 4.79 Å². The minimum Gasteiger partial charge on any atom is -0.353 e. The molecule has 1 N–H and O–H groups in total.